The van der Waals surface area contributed by atoms with Gasteiger partial charge in [-0.3, -0.25) is 9.78 Å². The molecule has 1 atom stereocenters. The number of aromatic nitrogens is 3. The summed E-state index contributed by atoms with van der Waals surface area (Å²) in [7, 11) is 1.81. The average molecular weight is 413 g/mol. The van der Waals surface area contributed by atoms with Gasteiger partial charge in [-0.25, -0.2) is 4.98 Å². The Morgan fingerprint density at radius 1 is 1.03 bits per heavy atom. The molecular formula is C26H28N4O. The van der Waals surface area contributed by atoms with Crippen molar-refractivity contribution in [1.82, 2.24) is 19.4 Å². The highest BCUT2D eigenvalue weighted by Crippen LogP contribution is 2.22. The number of amides is 1. The number of carbonyl (C=O) groups excluding carboxylic acids is 1. The van der Waals surface area contributed by atoms with E-state index in [9.17, 15) is 4.79 Å². The van der Waals surface area contributed by atoms with Crippen molar-refractivity contribution in [3.8, 4) is 0 Å². The van der Waals surface area contributed by atoms with Crippen molar-refractivity contribution < 1.29 is 4.79 Å². The third kappa shape index (κ3) is 4.50. The summed E-state index contributed by atoms with van der Waals surface area (Å²) in [6.07, 6.45) is 4.41. The first kappa shape index (κ1) is 20.8. The second-order valence-corrected chi connectivity index (χ2v) is 8.05. The molecule has 0 fully saturated rings. The van der Waals surface area contributed by atoms with E-state index in [0.29, 0.717) is 24.6 Å². The molecule has 158 valence electrons. The minimum atomic E-state index is -0.0427. The molecule has 4 rings (SSSR count). The van der Waals surface area contributed by atoms with Crippen molar-refractivity contribution in [2.24, 2.45) is 0 Å². The summed E-state index contributed by atoms with van der Waals surface area (Å²) in [5, 5.41) is 0. The van der Waals surface area contributed by atoms with Crippen LogP contribution in [-0.4, -0.2) is 32.4 Å². The number of nitrogens with zero attached hydrogens (tertiary/aromatic N) is 4. The van der Waals surface area contributed by atoms with Crippen molar-refractivity contribution in [2.45, 2.75) is 39.3 Å². The molecule has 2 aromatic carbocycles. The Balaban J connectivity index is 1.62. The van der Waals surface area contributed by atoms with Crippen LogP contribution < -0.4 is 0 Å². The van der Waals surface area contributed by atoms with Gasteiger partial charge in [0.25, 0.3) is 5.91 Å². The number of para-hydroxylation sites is 2. The van der Waals surface area contributed by atoms with E-state index >= 15 is 0 Å². The highest BCUT2D eigenvalue weighted by Gasteiger charge is 2.17. The largest absolute Gasteiger partial charge is 0.334 e. The Kier molecular flexibility index (Phi) is 6.12. The Morgan fingerprint density at radius 2 is 1.74 bits per heavy atom. The van der Waals surface area contributed by atoms with Gasteiger partial charge in [0.2, 0.25) is 0 Å². The number of pyridine rings is 1. The van der Waals surface area contributed by atoms with E-state index < -0.39 is 0 Å². The predicted octanol–water partition coefficient (Wildman–Crippen LogP) is 5.27. The maximum absolute atomic E-state index is 12.8. The van der Waals surface area contributed by atoms with E-state index in [4.69, 9.17) is 4.98 Å². The van der Waals surface area contributed by atoms with E-state index in [2.05, 4.69) is 53.7 Å². The highest BCUT2D eigenvalue weighted by atomic mass is 16.2. The van der Waals surface area contributed by atoms with Gasteiger partial charge in [-0.2, -0.15) is 0 Å². The molecule has 0 spiro atoms. The van der Waals surface area contributed by atoms with Gasteiger partial charge in [-0.15, -0.1) is 0 Å². The molecule has 31 heavy (non-hydrogen) atoms. The van der Waals surface area contributed by atoms with Crippen LogP contribution in [0.1, 0.15) is 53.5 Å². The summed E-state index contributed by atoms with van der Waals surface area (Å²) in [5.41, 5.74) is 5.23. The van der Waals surface area contributed by atoms with Crippen LogP contribution in [0.15, 0.2) is 73.1 Å². The summed E-state index contributed by atoms with van der Waals surface area (Å²) >= 11 is 0. The molecule has 0 aliphatic rings. The molecule has 2 heterocycles. The molecule has 0 saturated carbocycles. The first-order valence-electron chi connectivity index (χ1n) is 10.7. The Morgan fingerprint density at radius 3 is 2.45 bits per heavy atom. The second kappa shape index (κ2) is 9.13. The topological polar surface area (TPSA) is 51.0 Å². The lowest BCUT2D eigenvalue weighted by Gasteiger charge is -2.18. The van der Waals surface area contributed by atoms with Crippen molar-refractivity contribution in [2.75, 3.05) is 7.05 Å². The molecule has 0 aliphatic heterocycles. The van der Waals surface area contributed by atoms with Crippen molar-refractivity contribution >= 4 is 16.9 Å². The van der Waals surface area contributed by atoms with Gasteiger partial charge in [-0.1, -0.05) is 50.2 Å². The Bertz CT molecular complexity index is 1170. The summed E-state index contributed by atoms with van der Waals surface area (Å²) < 4.78 is 2.21. The summed E-state index contributed by atoms with van der Waals surface area (Å²) in [5.74, 6) is 1.39. The summed E-state index contributed by atoms with van der Waals surface area (Å²) in [6, 6.07) is 20.5. The minimum Gasteiger partial charge on any atom is -0.334 e. The van der Waals surface area contributed by atoms with Gasteiger partial charge < -0.3 is 9.47 Å². The van der Waals surface area contributed by atoms with Gasteiger partial charge >= 0.3 is 0 Å². The Labute approximate surface area is 183 Å². The van der Waals surface area contributed by atoms with E-state index in [1.165, 1.54) is 11.1 Å². The fourth-order valence-corrected chi connectivity index (χ4v) is 3.79. The molecule has 0 radical (unpaired) electrons. The van der Waals surface area contributed by atoms with Gasteiger partial charge in [0.15, 0.2) is 0 Å². The van der Waals surface area contributed by atoms with Gasteiger partial charge in [0, 0.05) is 31.5 Å². The molecular weight excluding hydrogens is 384 g/mol. The SMILES string of the molecule is CCC(C)c1ccc(Cn2c(CN(C)C(=O)c3ccncc3)nc3ccccc32)cc1. The lowest BCUT2D eigenvalue weighted by atomic mass is 9.98. The van der Waals surface area contributed by atoms with Crippen LogP contribution in [0.4, 0.5) is 0 Å². The van der Waals surface area contributed by atoms with Gasteiger partial charge in [0.1, 0.15) is 5.82 Å². The van der Waals surface area contributed by atoms with Crippen LogP contribution in [0, 0.1) is 0 Å². The van der Waals surface area contributed by atoms with Crippen LogP contribution in [0.5, 0.6) is 0 Å². The zero-order chi connectivity index (χ0) is 21.8. The van der Waals surface area contributed by atoms with E-state index in [-0.39, 0.29) is 5.91 Å². The summed E-state index contributed by atoms with van der Waals surface area (Å²) in [6.45, 7) is 5.62. The predicted molar refractivity (Wildman–Crippen MR) is 124 cm³/mol. The number of fused-ring (bicyclic) bond motifs is 1. The van der Waals surface area contributed by atoms with E-state index in [1.807, 2.05) is 25.2 Å². The molecule has 2 aromatic heterocycles. The number of carbonyl (C=O) groups is 1. The number of rotatable bonds is 7. The lowest BCUT2D eigenvalue weighted by molar-refractivity contribution is 0.0780. The average Bonchev–Trinajstić information content (AvgIpc) is 3.15. The fourth-order valence-electron chi connectivity index (χ4n) is 3.79. The molecule has 4 aromatic rings. The minimum absolute atomic E-state index is 0.0427. The maximum atomic E-state index is 12.8. The van der Waals surface area contributed by atoms with E-state index in [1.54, 1.807) is 29.4 Å². The molecule has 0 bridgehead atoms. The third-order valence-electron chi connectivity index (χ3n) is 5.89. The number of benzene rings is 2. The zero-order valence-corrected chi connectivity index (χ0v) is 18.3. The van der Waals surface area contributed by atoms with Crippen molar-refractivity contribution in [3.63, 3.8) is 0 Å². The van der Waals surface area contributed by atoms with Crippen LogP contribution in [0.2, 0.25) is 0 Å². The normalized spacial score (nSPS) is 12.1. The number of imidazole rings is 1. The van der Waals surface area contributed by atoms with Crippen molar-refractivity contribution in [1.29, 1.82) is 0 Å². The van der Waals surface area contributed by atoms with E-state index in [0.717, 1.165) is 23.3 Å². The first-order chi connectivity index (χ1) is 15.1. The molecule has 1 unspecified atom stereocenters. The quantitative estimate of drug-likeness (QED) is 0.416. The molecule has 0 saturated heterocycles. The van der Waals surface area contributed by atoms with Crippen molar-refractivity contribution in [3.05, 3.63) is 95.6 Å². The molecule has 5 nitrogen and oxygen atoms in total. The molecule has 0 N–H and O–H groups in total. The van der Waals surface area contributed by atoms with Crippen LogP contribution in [0.3, 0.4) is 0 Å². The monoisotopic (exact) mass is 412 g/mol. The smallest absolute Gasteiger partial charge is 0.254 e. The Hall–Kier alpha value is -3.47. The number of hydrogen-bond acceptors (Lipinski definition) is 3. The van der Waals surface area contributed by atoms with Gasteiger partial charge in [0.05, 0.1) is 17.6 Å². The zero-order valence-electron chi connectivity index (χ0n) is 18.3. The lowest BCUT2D eigenvalue weighted by Crippen LogP contribution is -2.27. The highest BCUT2D eigenvalue weighted by molar-refractivity contribution is 5.93. The van der Waals surface area contributed by atoms with Gasteiger partial charge in [-0.05, 0) is 47.7 Å². The second-order valence-electron chi connectivity index (χ2n) is 8.05. The first-order valence-corrected chi connectivity index (χ1v) is 10.7. The molecule has 0 aliphatic carbocycles. The summed E-state index contributed by atoms with van der Waals surface area (Å²) in [4.78, 5) is 23.4. The number of hydrogen-bond donors (Lipinski definition) is 0. The van der Waals surface area contributed by atoms with Crippen LogP contribution >= 0.6 is 0 Å². The third-order valence-corrected chi connectivity index (χ3v) is 5.89. The molecule has 1 amide bonds. The van der Waals surface area contributed by atoms with Crippen LogP contribution in [-0.2, 0) is 13.1 Å². The molecule has 5 heteroatoms. The standard InChI is InChI=1S/C26H28N4O/c1-4-19(2)21-11-9-20(10-12-21)17-30-24-8-6-5-7-23(24)28-25(30)18-29(3)26(31)22-13-15-27-16-14-22/h5-16,19H,4,17-18H2,1-3H3. The fraction of sp³-hybridized carbons (Fsp3) is 0.269. The maximum Gasteiger partial charge on any atom is 0.254 e. The van der Waals surface area contributed by atoms with Crippen LogP contribution in [0.25, 0.3) is 11.0 Å².